The molecule has 1 N–H and O–H groups in total. The van der Waals surface area contributed by atoms with Gasteiger partial charge in [0.15, 0.2) is 4.34 Å². The summed E-state index contributed by atoms with van der Waals surface area (Å²) in [4.78, 5) is 16.7. The number of amides is 1. The van der Waals surface area contributed by atoms with Crippen LogP contribution in [-0.2, 0) is 11.4 Å². The minimum atomic E-state index is -0.191. The van der Waals surface area contributed by atoms with Crippen molar-refractivity contribution in [3.8, 4) is 17.0 Å². The Hall–Kier alpha value is -3.13. The number of carbonyl (C=O) groups excluding carboxylic acids is 1. The van der Waals surface area contributed by atoms with Crippen LogP contribution in [0.15, 0.2) is 75.5 Å². The maximum atomic E-state index is 12.2. The highest BCUT2D eigenvalue weighted by molar-refractivity contribution is 8.01. The van der Waals surface area contributed by atoms with E-state index < -0.39 is 0 Å². The zero-order valence-corrected chi connectivity index (χ0v) is 22.6. The molecule has 0 fully saturated rings. The van der Waals surface area contributed by atoms with Gasteiger partial charge in [0.1, 0.15) is 12.4 Å². The van der Waals surface area contributed by atoms with E-state index in [9.17, 15) is 4.79 Å². The molecule has 4 rings (SSSR count). The average molecular weight is 536 g/mol. The minimum absolute atomic E-state index is 0.191. The van der Waals surface area contributed by atoms with Crippen LogP contribution in [0.2, 0.25) is 5.02 Å². The molecule has 0 aliphatic rings. The van der Waals surface area contributed by atoms with Crippen molar-refractivity contribution in [2.24, 2.45) is 5.10 Å². The fraction of sp³-hybridized carbons (Fsp3) is 0.179. The lowest BCUT2D eigenvalue weighted by Gasteiger charge is -2.11. The molecule has 0 aliphatic carbocycles. The summed E-state index contributed by atoms with van der Waals surface area (Å²) in [6.45, 7) is 6.86. The Kier molecular flexibility index (Phi) is 8.80. The van der Waals surface area contributed by atoms with Gasteiger partial charge in [0.2, 0.25) is 0 Å². The van der Waals surface area contributed by atoms with Crippen molar-refractivity contribution in [2.45, 2.75) is 31.7 Å². The van der Waals surface area contributed by atoms with E-state index in [1.54, 1.807) is 6.21 Å². The number of thioether (sulfide) groups is 1. The van der Waals surface area contributed by atoms with Gasteiger partial charge >= 0.3 is 0 Å². The van der Waals surface area contributed by atoms with E-state index in [1.807, 2.05) is 53.9 Å². The number of carbonyl (C=O) groups is 1. The van der Waals surface area contributed by atoms with Crippen molar-refractivity contribution in [2.75, 3.05) is 5.75 Å². The summed E-state index contributed by atoms with van der Waals surface area (Å²) >= 11 is 8.83. The van der Waals surface area contributed by atoms with E-state index in [4.69, 9.17) is 16.3 Å². The molecule has 0 radical (unpaired) electrons. The summed E-state index contributed by atoms with van der Waals surface area (Å²) in [5, 5.41) is 6.72. The molecule has 5 nitrogen and oxygen atoms in total. The Morgan fingerprint density at radius 3 is 2.53 bits per heavy atom. The van der Waals surface area contributed by atoms with Crippen molar-refractivity contribution < 1.29 is 9.53 Å². The first kappa shape index (κ1) is 25.9. The smallest absolute Gasteiger partial charge is 0.250 e. The van der Waals surface area contributed by atoms with Crippen molar-refractivity contribution in [3.05, 3.63) is 98.9 Å². The Bertz CT molecular complexity index is 1370. The number of benzene rings is 3. The molecule has 1 heterocycles. The van der Waals surface area contributed by atoms with Gasteiger partial charge in [-0.3, -0.25) is 4.79 Å². The van der Waals surface area contributed by atoms with Crippen molar-refractivity contribution in [1.82, 2.24) is 10.4 Å². The van der Waals surface area contributed by atoms with Crippen molar-refractivity contribution in [3.63, 3.8) is 0 Å². The highest BCUT2D eigenvalue weighted by Gasteiger charge is 2.08. The van der Waals surface area contributed by atoms with Crippen LogP contribution in [0.1, 0.15) is 27.8 Å². The molecule has 36 heavy (non-hydrogen) atoms. The average Bonchev–Trinajstić information content (AvgIpc) is 3.34. The van der Waals surface area contributed by atoms with Crippen LogP contribution in [0.25, 0.3) is 11.3 Å². The summed E-state index contributed by atoms with van der Waals surface area (Å²) < 4.78 is 6.77. The quantitative estimate of drug-likeness (QED) is 0.140. The largest absolute Gasteiger partial charge is 0.489 e. The molecule has 1 aromatic heterocycles. The Labute approximate surface area is 224 Å². The lowest BCUT2D eigenvalue weighted by atomic mass is 10.0. The molecule has 3 aromatic carbocycles. The molecular weight excluding hydrogens is 510 g/mol. The molecule has 0 saturated heterocycles. The van der Waals surface area contributed by atoms with E-state index in [0.29, 0.717) is 11.6 Å². The minimum Gasteiger partial charge on any atom is -0.489 e. The summed E-state index contributed by atoms with van der Waals surface area (Å²) in [6, 6.07) is 19.5. The number of hydrogen-bond acceptors (Lipinski definition) is 6. The summed E-state index contributed by atoms with van der Waals surface area (Å²) in [6.07, 6.45) is 1.61. The molecule has 0 aliphatic heterocycles. The molecule has 0 atom stereocenters. The second-order valence-electron chi connectivity index (χ2n) is 8.31. The highest BCUT2D eigenvalue weighted by Crippen LogP contribution is 2.28. The van der Waals surface area contributed by atoms with E-state index in [2.05, 4.69) is 48.4 Å². The van der Waals surface area contributed by atoms with Crippen LogP contribution in [0.3, 0.4) is 0 Å². The van der Waals surface area contributed by atoms with Crippen LogP contribution in [0.5, 0.6) is 5.75 Å². The third-order valence-electron chi connectivity index (χ3n) is 5.58. The molecule has 0 unspecified atom stereocenters. The van der Waals surface area contributed by atoms with Crippen LogP contribution in [0, 0.1) is 20.8 Å². The van der Waals surface area contributed by atoms with E-state index in [-0.39, 0.29) is 11.7 Å². The van der Waals surface area contributed by atoms with Gasteiger partial charge < -0.3 is 4.74 Å². The Morgan fingerprint density at radius 2 is 1.78 bits per heavy atom. The maximum absolute atomic E-state index is 12.2. The van der Waals surface area contributed by atoms with Gasteiger partial charge in [0.25, 0.3) is 5.91 Å². The number of thiazole rings is 1. The van der Waals surface area contributed by atoms with Gasteiger partial charge in [-0.1, -0.05) is 47.6 Å². The number of nitrogens with one attached hydrogen (secondary N) is 1. The normalized spacial score (nSPS) is 11.1. The second kappa shape index (κ2) is 12.2. The fourth-order valence-corrected chi connectivity index (χ4v) is 5.16. The number of aryl methyl sites for hydroxylation is 3. The van der Waals surface area contributed by atoms with Crippen molar-refractivity contribution >= 4 is 46.8 Å². The van der Waals surface area contributed by atoms with Crippen LogP contribution < -0.4 is 10.2 Å². The number of rotatable bonds is 9. The third-order valence-corrected chi connectivity index (χ3v) is 7.85. The van der Waals surface area contributed by atoms with Crippen LogP contribution in [0.4, 0.5) is 0 Å². The monoisotopic (exact) mass is 535 g/mol. The molecule has 4 aromatic rings. The lowest BCUT2D eigenvalue weighted by molar-refractivity contribution is -0.118. The number of nitrogens with zero attached hydrogens (tertiary/aromatic N) is 2. The van der Waals surface area contributed by atoms with Gasteiger partial charge in [0.05, 0.1) is 17.7 Å². The van der Waals surface area contributed by atoms with E-state index in [0.717, 1.165) is 26.9 Å². The number of halogens is 1. The molecule has 0 saturated carbocycles. The first-order valence-electron chi connectivity index (χ1n) is 11.3. The van der Waals surface area contributed by atoms with Gasteiger partial charge in [-0.15, -0.1) is 11.3 Å². The number of aromatic nitrogens is 1. The van der Waals surface area contributed by atoms with Gasteiger partial charge in [-0.2, -0.15) is 5.10 Å². The third kappa shape index (κ3) is 7.20. The van der Waals surface area contributed by atoms with Crippen LogP contribution >= 0.6 is 34.7 Å². The van der Waals surface area contributed by atoms with Gasteiger partial charge in [-0.05, 0) is 85.0 Å². The lowest BCUT2D eigenvalue weighted by Crippen LogP contribution is -2.19. The Balaban J connectivity index is 1.22. The summed E-state index contributed by atoms with van der Waals surface area (Å²) in [7, 11) is 0. The summed E-state index contributed by atoms with van der Waals surface area (Å²) in [5.74, 6) is 0.824. The first-order valence-corrected chi connectivity index (χ1v) is 13.6. The molecule has 8 heteroatoms. The van der Waals surface area contributed by atoms with Crippen LogP contribution in [-0.4, -0.2) is 22.9 Å². The number of hydrazone groups is 1. The molecular formula is C28H26ClN3O2S2. The molecule has 0 spiro atoms. The topological polar surface area (TPSA) is 63.6 Å². The second-order valence-corrected chi connectivity index (χ2v) is 10.8. The fourth-order valence-electron chi connectivity index (χ4n) is 3.40. The molecule has 184 valence electrons. The Morgan fingerprint density at radius 1 is 1.06 bits per heavy atom. The zero-order valence-electron chi connectivity index (χ0n) is 20.2. The standard InChI is InChI=1S/C28H26ClN3O2S2/c1-18-12-20(3)23(13-19(18)2)15-34-25-10-4-21(5-11-25)14-30-32-27(33)17-36-28-31-26(16-35-28)22-6-8-24(29)9-7-22/h4-14,16H,15,17H2,1-3H3,(H,32,33)/b30-14+. The number of hydrogen-bond donors (Lipinski definition) is 1. The van der Waals surface area contributed by atoms with Gasteiger partial charge in [0, 0.05) is 16.0 Å². The predicted molar refractivity (Wildman–Crippen MR) is 150 cm³/mol. The van der Waals surface area contributed by atoms with Crippen molar-refractivity contribution in [1.29, 1.82) is 0 Å². The zero-order chi connectivity index (χ0) is 25.5. The van der Waals surface area contributed by atoms with E-state index in [1.165, 1.54) is 45.4 Å². The predicted octanol–water partition coefficient (Wildman–Crippen LogP) is 7.21. The summed E-state index contributed by atoms with van der Waals surface area (Å²) in [5.41, 5.74) is 10.3. The maximum Gasteiger partial charge on any atom is 0.250 e. The molecule has 1 amide bonds. The highest BCUT2D eigenvalue weighted by atomic mass is 35.5. The van der Waals surface area contributed by atoms with E-state index >= 15 is 0 Å². The number of ether oxygens (including phenoxy) is 1. The first-order chi connectivity index (χ1) is 17.4. The SMILES string of the molecule is Cc1cc(C)c(COc2ccc(/C=N/NC(=O)CSc3nc(-c4ccc(Cl)cc4)cs3)cc2)cc1C. The molecule has 0 bridgehead atoms. The van der Waals surface area contributed by atoms with Gasteiger partial charge in [-0.25, -0.2) is 10.4 Å².